The first kappa shape index (κ1) is 37.9. The van der Waals surface area contributed by atoms with Crippen LogP contribution in [0.3, 0.4) is 0 Å². The quantitative estimate of drug-likeness (QED) is 0.0679. The summed E-state index contributed by atoms with van der Waals surface area (Å²) >= 11 is 0. The van der Waals surface area contributed by atoms with Crippen LogP contribution in [0.15, 0.2) is 60.7 Å². The lowest BCUT2D eigenvalue weighted by Crippen LogP contribution is -2.25. The largest absolute Gasteiger partial charge is 0.493 e. The SMILES string of the molecule is C=C(C)C(=O)OCCc1cc(-c2ccc(OCCN3CCCC3)c(CCOC(=O)C(=C)C)c2)ccc1OCCCCCCCCCC. The van der Waals surface area contributed by atoms with Crippen molar-refractivity contribution in [3.8, 4) is 22.6 Å². The smallest absolute Gasteiger partial charge is 0.333 e. The highest BCUT2D eigenvalue weighted by Gasteiger charge is 2.15. The van der Waals surface area contributed by atoms with E-state index in [-0.39, 0.29) is 19.2 Å². The third kappa shape index (κ3) is 14.0. The van der Waals surface area contributed by atoms with Crippen LogP contribution in [0.2, 0.25) is 0 Å². The van der Waals surface area contributed by atoms with Crippen molar-refractivity contribution in [2.24, 2.45) is 0 Å². The maximum atomic E-state index is 12.0. The zero-order valence-corrected chi connectivity index (χ0v) is 29.2. The number of nitrogens with zero attached hydrogens (tertiary/aromatic N) is 1. The Hall–Kier alpha value is -3.58. The summed E-state index contributed by atoms with van der Waals surface area (Å²) in [4.78, 5) is 26.5. The van der Waals surface area contributed by atoms with Gasteiger partial charge in [0.1, 0.15) is 18.1 Å². The van der Waals surface area contributed by atoms with Gasteiger partial charge in [-0.25, -0.2) is 9.59 Å². The van der Waals surface area contributed by atoms with Crippen LogP contribution in [0.25, 0.3) is 11.1 Å². The Labute approximate surface area is 283 Å². The Bertz CT molecular complexity index is 1300. The van der Waals surface area contributed by atoms with Gasteiger partial charge in [-0.2, -0.15) is 0 Å². The molecule has 3 rings (SSSR count). The topological polar surface area (TPSA) is 74.3 Å². The zero-order valence-electron chi connectivity index (χ0n) is 29.2. The average Bonchev–Trinajstić information content (AvgIpc) is 3.58. The number of benzene rings is 2. The normalized spacial score (nSPS) is 12.9. The van der Waals surface area contributed by atoms with Crippen LogP contribution in [0.5, 0.6) is 11.5 Å². The number of ether oxygens (including phenoxy) is 4. The molecule has 7 nitrogen and oxygen atoms in total. The molecule has 0 saturated carbocycles. The van der Waals surface area contributed by atoms with Gasteiger partial charge in [-0.1, -0.05) is 77.2 Å². The highest BCUT2D eigenvalue weighted by molar-refractivity contribution is 5.87. The predicted octanol–water partition coefficient (Wildman–Crippen LogP) is 8.67. The number of hydrogen-bond acceptors (Lipinski definition) is 7. The van der Waals surface area contributed by atoms with Gasteiger partial charge in [-0.05, 0) is 92.7 Å². The summed E-state index contributed by atoms with van der Waals surface area (Å²) in [5.41, 5.74) is 4.77. The minimum atomic E-state index is -0.391. The van der Waals surface area contributed by atoms with Crippen molar-refractivity contribution in [3.05, 3.63) is 71.8 Å². The summed E-state index contributed by atoms with van der Waals surface area (Å²) in [6, 6.07) is 12.4. The molecule has 0 aromatic heterocycles. The molecule has 7 heteroatoms. The van der Waals surface area contributed by atoms with Crippen LogP contribution in [0, 0.1) is 0 Å². The van der Waals surface area contributed by atoms with Crippen LogP contribution >= 0.6 is 0 Å². The maximum Gasteiger partial charge on any atom is 0.333 e. The molecule has 0 amide bonds. The molecule has 0 bridgehead atoms. The van der Waals surface area contributed by atoms with Gasteiger partial charge in [-0.3, -0.25) is 4.90 Å². The summed E-state index contributed by atoms with van der Waals surface area (Å²) in [5.74, 6) is 0.838. The molecule has 1 aliphatic heterocycles. The highest BCUT2D eigenvalue weighted by Crippen LogP contribution is 2.31. The summed E-state index contributed by atoms with van der Waals surface area (Å²) in [7, 11) is 0. The molecule has 1 heterocycles. The minimum Gasteiger partial charge on any atom is -0.493 e. The lowest BCUT2D eigenvalue weighted by Gasteiger charge is -2.18. The Kier molecular flexibility index (Phi) is 17.2. The first-order valence-corrected chi connectivity index (χ1v) is 17.7. The minimum absolute atomic E-state index is 0.239. The van der Waals surface area contributed by atoms with Gasteiger partial charge in [0.05, 0.1) is 19.8 Å². The molecule has 0 spiro atoms. The molecule has 0 unspecified atom stereocenters. The van der Waals surface area contributed by atoms with Gasteiger partial charge >= 0.3 is 11.9 Å². The van der Waals surface area contributed by atoms with Crippen LogP contribution in [-0.2, 0) is 31.9 Å². The Morgan fingerprint density at radius 1 is 0.660 bits per heavy atom. The third-order valence-electron chi connectivity index (χ3n) is 8.48. The molecule has 1 fully saturated rings. The van der Waals surface area contributed by atoms with Gasteiger partial charge in [0.25, 0.3) is 0 Å². The lowest BCUT2D eigenvalue weighted by atomic mass is 9.98. The number of esters is 2. The molecule has 1 aliphatic rings. The number of carbonyl (C=O) groups is 2. The standard InChI is InChI=1S/C40H57NO6/c1-6-7-8-9-10-11-12-15-25-44-37-18-16-33(29-35(37)20-26-46-39(42)31(2)3)34-17-19-38(45-28-24-41-22-13-14-23-41)36(30-34)21-27-47-40(43)32(4)5/h16-19,29-30H,2,4,6-15,20-28H2,1,3,5H3. The van der Waals surface area contributed by atoms with Gasteiger partial charge in [0, 0.05) is 30.5 Å². The molecule has 2 aromatic carbocycles. The fraction of sp³-hybridized carbons (Fsp3) is 0.550. The fourth-order valence-corrected chi connectivity index (χ4v) is 5.65. The van der Waals surface area contributed by atoms with E-state index in [9.17, 15) is 9.59 Å². The molecule has 0 N–H and O–H groups in total. The number of rotatable bonds is 23. The molecule has 47 heavy (non-hydrogen) atoms. The predicted molar refractivity (Wildman–Crippen MR) is 190 cm³/mol. The van der Waals surface area contributed by atoms with Crippen LogP contribution < -0.4 is 9.47 Å². The van der Waals surface area contributed by atoms with Crippen molar-refractivity contribution in [2.75, 3.05) is 46.1 Å². The second-order valence-electron chi connectivity index (χ2n) is 12.7. The van der Waals surface area contributed by atoms with Gasteiger partial charge in [0.2, 0.25) is 0 Å². The van der Waals surface area contributed by atoms with E-state index in [4.69, 9.17) is 18.9 Å². The summed E-state index contributed by atoms with van der Waals surface area (Å²) in [5, 5.41) is 0. The van der Waals surface area contributed by atoms with E-state index >= 15 is 0 Å². The van der Waals surface area contributed by atoms with E-state index in [0.29, 0.717) is 37.2 Å². The molecule has 2 aromatic rings. The number of carbonyl (C=O) groups excluding carboxylic acids is 2. The van der Waals surface area contributed by atoms with Crippen LogP contribution in [0.4, 0.5) is 0 Å². The molecular formula is C40H57NO6. The van der Waals surface area contributed by atoms with E-state index in [2.05, 4.69) is 49.2 Å². The molecule has 258 valence electrons. The molecular weight excluding hydrogens is 590 g/mol. The number of hydrogen-bond donors (Lipinski definition) is 0. The summed E-state index contributed by atoms with van der Waals surface area (Å²) in [6.45, 7) is 17.8. The van der Waals surface area contributed by atoms with Gasteiger partial charge in [0.15, 0.2) is 0 Å². The average molecular weight is 648 g/mol. The van der Waals surface area contributed by atoms with E-state index in [1.54, 1.807) is 13.8 Å². The first-order chi connectivity index (χ1) is 22.8. The monoisotopic (exact) mass is 647 g/mol. The van der Waals surface area contributed by atoms with Crippen molar-refractivity contribution in [1.29, 1.82) is 0 Å². The molecule has 1 saturated heterocycles. The zero-order chi connectivity index (χ0) is 33.9. The number of likely N-dealkylation sites (tertiary alicyclic amines) is 1. The van der Waals surface area contributed by atoms with Crippen molar-refractivity contribution >= 4 is 11.9 Å². The Morgan fingerprint density at radius 2 is 1.13 bits per heavy atom. The van der Waals surface area contributed by atoms with Crippen molar-refractivity contribution in [3.63, 3.8) is 0 Å². The Morgan fingerprint density at radius 3 is 1.62 bits per heavy atom. The van der Waals surface area contributed by atoms with Crippen LogP contribution in [-0.4, -0.2) is 62.9 Å². The number of unbranched alkanes of at least 4 members (excludes halogenated alkanes) is 7. The van der Waals surface area contributed by atoms with E-state index in [1.165, 1.54) is 51.4 Å². The fourth-order valence-electron chi connectivity index (χ4n) is 5.65. The second-order valence-corrected chi connectivity index (χ2v) is 12.7. The molecule has 0 atom stereocenters. The van der Waals surface area contributed by atoms with Gasteiger partial charge < -0.3 is 18.9 Å². The van der Waals surface area contributed by atoms with E-state index in [0.717, 1.165) is 66.2 Å². The molecule has 0 aliphatic carbocycles. The van der Waals surface area contributed by atoms with E-state index < -0.39 is 5.97 Å². The van der Waals surface area contributed by atoms with Crippen molar-refractivity contribution in [2.45, 2.75) is 97.8 Å². The van der Waals surface area contributed by atoms with Gasteiger partial charge in [-0.15, -0.1) is 0 Å². The maximum absolute atomic E-state index is 12.0. The lowest BCUT2D eigenvalue weighted by molar-refractivity contribution is -0.139. The summed E-state index contributed by atoms with van der Waals surface area (Å²) in [6.07, 6.45) is 13.5. The molecule has 0 radical (unpaired) electrons. The van der Waals surface area contributed by atoms with Crippen molar-refractivity contribution < 1.29 is 28.5 Å². The van der Waals surface area contributed by atoms with Crippen LogP contribution in [0.1, 0.15) is 96.1 Å². The van der Waals surface area contributed by atoms with Crippen molar-refractivity contribution in [1.82, 2.24) is 4.90 Å². The third-order valence-corrected chi connectivity index (χ3v) is 8.48. The Balaban J connectivity index is 1.73. The van der Waals surface area contributed by atoms with E-state index in [1.807, 2.05) is 12.1 Å². The highest BCUT2D eigenvalue weighted by atomic mass is 16.5. The summed E-state index contributed by atoms with van der Waals surface area (Å²) < 4.78 is 23.4. The second kappa shape index (κ2) is 21.3. The first-order valence-electron chi connectivity index (χ1n) is 17.7.